The van der Waals surface area contributed by atoms with Crippen LogP contribution in [0.4, 0.5) is 0 Å². The molecule has 0 atom stereocenters. The zero-order chi connectivity index (χ0) is 40.6. The standard InChI is InChI=1S/C45H29N3/c1-4-16-30(17-5-1)33-28-29-40-38-26-13-12-24-36(38)34-22-10-11-23-35(34)37-25-14-15-27-39(37)41(40)42(33)45-47-43(31-18-6-2-7-19-31)46-44(48-45)32-20-8-3-9-21-32/h1-29H/i2D,3D,6D,7D,8D,9D,18D,19D,20D,21D. The fraction of sp³-hybridized carbons (Fsp3) is 0. The fourth-order valence-corrected chi connectivity index (χ4v) is 6.47. The summed E-state index contributed by atoms with van der Waals surface area (Å²) in [5.41, 5.74) is 8.57. The molecule has 0 fully saturated rings. The number of benzene rings is 7. The Bertz CT molecular complexity index is 2870. The van der Waals surface area contributed by atoms with E-state index in [-0.39, 0.29) is 28.6 Å². The van der Waals surface area contributed by atoms with Crippen LogP contribution in [0.5, 0.6) is 0 Å². The van der Waals surface area contributed by atoms with E-state index >= 15 is 0 Å². The lowest BCUT2D eigenvalue weighted by Gasteiger charge is -2.26. The minimum absolute atomic E-state index is 0.00420. The Kier molecular flexibility index (Phi) is 4.71. The summed E-state index contributed by atoms with van der Waals surface area (Å²) < 4.78 is 86.1. The summed E-state index contributed by atoms with van der Waals surface area (Å²) in [7, 11) is 0. The van der Waals surface area contributed by atoms with Crippen molar-refractivity contribution >= 4 is 0 Å². The Labute approximate surface area is 294 Å². The van der Waals surface area contributed by atoms with E-state index in [1.54, 1.807) is 0 Å². The van der Waals surface area contributed by atoms with Gasteiger partial charge < -0.3 is 0 Å². The van der Waals surface area contributed by atoms with Crippen molar-refractivity contribution in [2.75, 3.05) is 0 Å². The van der Waals surface area contributed by atoms with E-state index in [0.717, 1.165) is 50.1 Å². The minimum atomic E-state index is -0.610. The van der Waals surface area contributed by atoms with Crippen molar-refractivity contribution in [1.82, 2.24) is 15.0 Å². The van der Waals surface area contributed by atoms with Crippen LogP contribution in [0.25, 0.3) is 89.8 Å². The molecule has 0 unspecified atom stereocenters. The lowest BCUT2D eigenvalue weighted by molar-refractivity contribution is 1.07. The third-order valence-electron chi connectivity index (χ3n) is 8.52. The molecular weight excluding hydrogens is 583 g/mol. The maximum absolute atomic E-state index is 8.90. The molecule has 0 amide bonds. The molecule has 3 nitrogen and oxygen atoms in total. The third-order valence-corrected chi connectivity index (χ3v) is 8.52. The van der Waals surface area contributed by atoms with E-state index in [1.165, 1.54) is 0 Å². The summed E-state index contributed by atoms with van der Waals surface area (Å²) >= 11 is 0. The van der Waals surface area contributed by atoms with Gasteiger partial charge in [-0.3, -0.25) is 0 Å². The Balaban J connectivity index is 1.50. The molecule has 9 rings (SSSR count). The van der Waals surface area contributed by atoms with Crippen LogP contribution in [-0.2, 0) is 0 Å². The summed E-state index contributed by atoms with van der Waals surface area (Å²) in [5.74, 6) is -0.661. The van der Waals surface area contributed by atoms with Gasteiger partial charge in [-0.05, 0) is 50.1 Å². The Hall–Kier alpha value is -6.45. The Morgan fingerprint density at radius 1 is 0.292 bits per heavy atom. The molecule has 0 aliphatic heterocycles. The van der Waals surface area contributed by atoms with E-state index in [1.807, 2.05) is 78.9 Å². The molecule has 0 spiro atoms. The zero-order valence-electron chi connectivity index (χ0n) is 35.3. The third kappa shape index (κ3) is 4.72. The molecule has 0 bridgehead atoms. The largest absolute Gasteiger partial charge is 0.208 e. The summed E-state index contributed by atoms with van der Waals surface area (Å²) in [6, 6.07) is 31.9. The predicted molar refractivity (Wildman–Crippen MR) is 197 cm³/mol. The maximum Gasteiger partial charge on any atom is 0.165 e. The number of rotatable bonds is 4. The molecule has 3 heteroatoms. The highest BCUT2D eigenvalue weighted by molar-refractivity contribution is 6.09. The summed E-state index contributed by atoms with van der Waals surface area (Å²) in [6.45, 7) is 0. The lowest BCUT2D eigenvalue weighted by atomic mass is 9.77. The van der Waals surface area contributed by atoms with Crippen molar-refractivity contribution < 1.29 is 13.7 Å². The van der Waals surface area contributed by atoms with Crippen LogP contribution < -0.4 is 0 Å². The maximum atomic E-state index is 8.90. The first-order valence-corrected chi connectivity index (χ1v) is 15.4. The normalized spacial score (nSPS) is 14.2. The topological polar surface area (TPSA) is 38.7 Å². The van der Waals surface area contributed by atoms with Gasteiger partial charge in [0.15, 0.2) is 17.5 Å². The number of hydrogen-bond donors (Lipinski definition) is 0. The number of nitrogens with zero attached hydrogens (tertiary/aromatic N) is 3. The molecule has 1 aromatic heterocycles. The van der Waals surface area contributed by atoms with E-state index in [2.05, 4.69) is 41.4 Å². The highest BCUT2D eigenvalue weighted by Gasteiger charge is 2.28. The van der Waals surface area contributed by atoms with E-state index < -0.39 is 60.4 Å². The molecule has 48 heavy (non-hydrogen) atoms. The van der Waals surface area contributed by atoms with Crippen molar-refractivity contribution in [2.24, 2.45) is 0 Å². The van der Waals surface area contributed by atoms with Gasteiger partial charge in [0.25, 0.3) is 0 Å². The molecule has 0 saturated carbocycles. The highest BCUT2D eigenvalue weighted by atomic mass is 15.0. The van der Waals surface area contributed by atoms with Crippen molar-refractivity contribution in [2.45, 2.75) is 0 Å². The molecule has 224 valence electrons. The lowest BCUT2D eigenvalue weighted by Crippen LogP contribution is -2.04. The average Bonchev–Trinajstić information content (AvgIpc) is 3.25. The van der Waals surface area contributed by atoms with Crippen LogP contribution in [0.15, 0.2) is 176 Å². The highest BCUT2D eigenvalue weighted by Crippen LogP contribution is 2.52. The van der Waals surface area contributed by atoms with Gasteiger partial charge in [-0.2, -0.15) is 0 Å². The van der Waals surface area contributed by atoms with Crippen LogP contribution in [0.1, 0.15) is 13.7 Å². The predicted octanol–water partition coefficient (Wildman–Crippen LogP) is 11.5. The first-order valence-electron chi connectivity index (χ1n) is 20.4. The minimum Gasteiger partial charge on any atom is -0.208 e. The number of hydrogen-bond acceptors (Lipinski definition) is 3. The van der Waals surface area contributed by atoms with Crippen LogP contribution >= 0.6 is 0 Å². The number of fused-ring (bicyclic) bond motifs is 8. The monoisotopic (exact) mass is 621 g/mol. The van der Waals surface area contributed by atoms with Crippen molar-refractivity contribution in [3.05, 3.63) is 176 Å². The van der Waals surface area contributed by atoms with E-state index in [9.17, 15) is 0 Å². The second kappa shape index (κ2) is 11.7. The van der Waals surface area contributed by atoms with Gasteiger partial charge >= 0.3 is 0 Å². The van der Waals surface area contributed by atoms with Gasteiger partial charge in [-0.25, -0.2) is 15.0 Å². The molecule has 1 heterocycles. The van der Waals surface area contributed by atoms with E-state index in [4.69, 9.17) is 23.7 Å². The molecule has 0 saturated heterocycles. The first kappa shape index (κ1) is 19.3. The van der Waals surface area contributed by atoms with Crippen molar-refractivity contribution in [1.29, 1.82) is 0 Å². The van der Waals surface area contributed by atoms with E-state index in [0.29, 0.717) is 11.1 Å². The van der Waals surface area contributed by atoms with Crippen LogP contribution in [0.2, 0.25) is 0 Å². The van der Waals surface area contributed by atoms with Gasteiger partial charge in [-0.15, -0.1) is 0 Å². The first-order chi connectivity index (χ1) is 28.0. The molecule has 0 N–H and O–H groups in total. The van der Waals surface area contributed by atoms with Gasteiger partial charge in [-0.1, -0.05) is 176 Å². The van der Waals surface area contributed by atoms with Crippen molar-refractivity contribution in [3.8, 4) is 89.8 Å². The van der Waals surface area contributed by atoms with Crippen LogP contribution in [-0.4, -0.2) is 15.0 Å². The fourth-order valence-electron chi connectivity index (χ4n) is 6.47. The Morgan fingerprint density at radius 3 is 1.21 bits per heavy atom. The van der Waals surface area contributed by atoms with Crippen LogP contribution in [0.3, 0.4) is 0 Å². The average molecular weight is 622 g/mol. The zero-order valence-corrected chi connectivity index (χ0v) is 25.3. The van der Waals surface area contributed by atoms with Crippen LogP contribution in [0, 0.1) is 0 Å². The molecular formula is C45H29N3. The summed E-state index contributed by atoms with van der Waals surface area (Å²) in [5, 5.41) is 0. The van der Waals surface area contributed by atoms with Crippen molar-refractivity contribution in [3.63, 3.8) is 0 Å². The molecule has 1 aliphatic rings. The molecule has 1 aliphatic carbocycles. The van der Waals surface area contributed by atoms with Gasteiger partial charge in [0.05, 0.1) is 13.7 Å². The SMILES string of the molecule is [2H]c1c([2H])c([2H])c(-c2nc(-c3c([2H])c([2H])c([2H])c([2H])c3[2H])nc(-c3c(-c4ccccc4)ccc4c3-c3ccccc3-c3ccccc3-c3ccccc3-4)n2)c([2H])c1[2H]. The quantitative estimate of drug-likeness (QED) is 0.196. The molecule has 0 radical (unpaired) electrons. The summed E-state index contributed by atoms with van der Waals surface area (Å²) in [4.78, 5) is 14.4. The van der Waals surface area contributed by atoms with Gasteiger partial charge in [0.2, 0.25) is 0 Å². The van der Waals surface area contributed by atoms with Gasteiger partial charge in [0, 0.05) is 22.3 Å². The Morgan fingerprint density at radius 2 is 0.688 bits per heavy atom. The second-order valence-corrected chi connectivity index (χ2v) is 11.2. The summed E-state index contributed by atoms with van der Waals surface area (Å²) in [6.07, 6.45) is 0. The number of aromatic nitrogens is 3. The molecule has 8 aromatic rings. The smallest absolute Gasteiger partial charge is 0.165 e. The second-order valence-electron chi connectivity index (χ2n) is 11.2. The molecule has 7 aromatic carbocycles. The van der Waals surface area contributed by atoms with Gasteiger partial charge in [0.1, 0.15) is 0 Å².